The van der Waals surface area contributed by atoms with Crippen molar-refractivity contribution in [3.05, 3.63) is 90.0 Å². The van der Waals surface area contributed by atoms with Crippen LogP contribution >= 0.6 is 0 Å². The number of anilines is 2. The predicted molar refractivity (Wildman–Crippen MR) is 126 cm³/mol. The van der Waals surface area contributed by atoms with Crippen molar-refractivity contribution in [2.45, 2.75) is 25.1 Å². The van der Waals surface area contributed by atoms with E-state index < -0.39 is 23.7 Å². The Kier molecular flexibility index (Phi) is 5.76. The van der Waals surface area contributed by atoms with E-state index >= 15 is 0 Å². The first-order valence-corrected chi connectivity index (χ1v) is 11.1. The molecule has 0 aliphatic carbocycles. The fourth-order valence-corrected chi connectivity index (χ4v) is 4.35. The molecule has 0 saturated heterocycles. The monoisotopic (exact) mass is 478 g/mol. The normalized spacial score (nSPS) is 15.5. The number of carbonyl (C=O) groups excluding carboxylic acids is 2. The largest absolute Gasteiger partial charge is 0.416 e. The third-order valence-electron chi connectivity index (χ3n) is 6.00. The van der Waals surface area contributed by atoms with Crippen molar-refractivity contribution >= 4 is 34.5 Å². The van der Waals surface area contributed by atoms with E-state index in [9.17, 15) is 22.8 Å². The summed E-state index contributed by atoms with van der Waals surface area (Å²) < 4.78 is 40.8. The fraction of sp³-hybridized carbons (Fsp3) is 0.192. The Morgan fingerprint density at radius 3 is 2.49 bits per heavy atom. The van der Waals surface area contributed by atoms with Gasteiger partial charge in [-0.1, -0.05) is 48.5 Å². The molecule has 0 fully saturated rings. The Bertz CT molecular complexity index is 1400. The Balaban J connectivity index is 1.40. The lowest BCUT2D eigenvalue weighted by molar-refractivity contribution is -0.137. The summed E-state index contributed by atoms with van der Waals surface area (Å²) in [5.41, 5.74) is 1.64. The Morgan fingerprint density at radius 2 is 1.71 bits per heavy atom. The molecule has 1 aromatic heterocycles. The highest BCUT2D eigenvalue weighted by molar-refractivity contribution is 6.05. The lowest BCUT2D eigenvalue weighted by Crippen LogP contribution is -2.33. The minimum atomic E-state index is -4.52. The molecule has 4 aromatic rings. The molecule has 0 saturated carbocycles. The smallest absolute Gasteiger partial charge is 0.326 e. The standard InChI is InChI=1S/C26H21F3N4O2/c27-26(28,29)18-9-6-10-19(15-18)30-23(34)16-22-24(35)32(14-13-17-7-2-1-3-8-17)25-31-20-11-4-5-12-21(20)33(22)25/h1-12,15,22H,13-14,16H2,(H,30,34). The summed E-state index contributed by atoms with van der Waals surface area (Å²) in [7, 11) is 0. The van der Waals surface area contributed by atoms with Crippen LogP contribution in [0.5, 0.6) is 0 Å². The number of hydrogen-bond acceptors (Lipinski definition) is 3. The highest BCUT2D eigenvalue weighted by atomic mass is 19.4. The van der Waals surface area contributed by atoms with Crippen molar-refractivity contribution in [3.63, 3.8) is 0 Å². The first-order valence-electron chi connectivity index (χ1n) is 11.1. The van der Waals surface area contributed by atoms with Crippen molar-refractivity contribution in [3.8, 4) is 0 Å². The first-order chi connectivity index (χ1) is 16.8. The molecule has 2 heterocycles. The van der Waals surface area contributed by atoms with Gasteiger partial charge in [0.1, 0.15) is 6.04 Å². The van der Waals surface area contributed by atoms with E-state index in [4.69, 9.17) is 0 Å². The van der Waals surface area contributed by atoms with Crippen LogP contribution in [0.4, 0.5) is 24.8 Å². The second kappa shape index (κ2) is 8.90. The fourth-order valence-electron chi connectivity index (χ4n) is 4.35. The molecule has 3 aromatic carbocycles. The third kappa shape index (κ3) is 4.49. The number of nitrogens with zero attached hydrogens (tertiary/aromatic N) is 3. The zero-order valence-electron chi connectivity index (χ0n) is 18.5. The second-order valence-electron chi connectivity index (χ2n) is 8.34. The highest BCUT2D eigenvalue weighted by Crippen LogP contribution is 2.37. The molecule has 1 N–H and O–H groups in total. The molecule has 1 atom stereocenters. The molecule has 1 aliphatic heterocycles. The molecule has 6 nitrogen and oxygen atoms in total. The quantitative estimate of drug-likeness (QED) is 0.414. The predicted octanol–water partition coefficient (Wildman–Crippen LogP) is 5.21. The van der Waals surface area contributed by atoms with Gasteiger partial charge >= 0.3 is 6.18 Å². The van der Waals surface area contributed by atoms with Crippen LogP contribution in [-0.4, -0.2) is 27.9 Å². The van der Waals surface area contributed by atoms with Crippen LogP contribution in [-0.2, 0) is 22.2 Å². The summed E-state index contributed by atoms with van der Waals surface area (Å²) in [6.45, 7) is 0.387. The minimum Gasteiger partial charge on any atom is -0.326 e. The van der Waals surface area contributed by atoms with Crippen LogP contribution in [0.15, 0.2) is 78.9 Å². The molecule has 35 heavy (non-hydrogen) atoms. The van der Waals surface area contributed by atoms with Crippen molar-refractivity contribution in [1.29, 1.82) is 0 Å². The van der Waals surface area contributed by atoms with Gasteiger partial charge in [-0.05, 0) is 42.3 Å². The van der Waals surface area contributed by atoms with E-state index in [1.165, 1.54) is 12.1 Å². The Morgan fingerprint density at radius 1 is 0.971 bits per heavy atom. The van der Waals surface area contributed by atoms with E-state index in [1.807, 2.05) is 54.6 Å². The topological polar surface area (TPSA) is 67.2 Å². The number of amides is 2. The number of nitrogens with one attached hydrogen (secondary N) is 1. The maximum Gasteiger partial charge on any atom is 0.416 e. The van der Waals surface area contributed by atoms with E-state index in [-0.39, 0.29) is 18.0 Å². The highest BCUT2D eigenvalue weighted by Gasteiger charge is 2.40. The summed E-state index contributed by atoms with van der Waals surface area (Å²) >= 11 is 0. The number of aromatic nitrogens is 2. The van der Waals surface area contributed by atoms with E-state index in [1.54, 1.807) is 9.47 Å². The summed E-state index contributed by atoms with van der Waals surface area (Å²) in [6, 6.07) is 20.6. The first kappa shape index (κ1) is 22.6. The summed E-state index contributed by atoms with van der Waals surface area (Å²) in [5.74, 6) is -0.367. The van der Waals surface area contributed by atoms with Crippen LogP contribution in [0.3, 0.4) is 0 Å². The average molecular weight is 478 g/mol. The van der Waals surface area contributed by atoms with Crippen molar-refractivity contribution in [2.24, 2.45) is 0 Å². The molecule has 0 bridgehead atoms. The molecular weight excluding hydrogens is 457 g/mol. The summed E-state index contributed by atoms with van der Waals surface area (Å²) in [6.07, 6.45) is -4.14. The number of fused-ring (bicyclic) bond motifs is 3. The van der Waals surface area contributed by atoms with Crippen molar-refractivity contribution in [1.82, 2.24) is 9.55 Å². The minimum absolute atomic E-state index is 0.0203. The van der Waals surface area contributed by atoms with Crippen LogP contribution in [0, 0.1) is 0 Å². The van der Waals surface area contributed by atoms with Gasteiger partial charge in [0.15, 0.2) is 0 Å². The van der Waals surface area contributed by atoms with Gasteiger partial charge in [-0.2, -0.15) is 13.2 Å². The third-order valence-corrected chi connectivity index (χ3v) is 6.00. The Hall–Kier alpha value is -4.14. The zero-order chi connectivity index (χ0) is 24.6. The molecule has 0 spiro atoms. The SMILES string of the molecule is O=C(CC1C(=O)N(CCc2ccccc2)c2nc3ccccc3n21)Nc1cccc(C(F)(F)F)c1. The number of carbonyl (C=O) groups is 2. The molecule has 9 heteroatoms. The molecule has 1 unspecified atom stereocenters. The second-order valence-corrected chi connectivity index (χ2v) is 8.34. The van der Waals surface area contributed by atoms with Gasteiger partial charge in [0.2, 0.25) is 11.9 Å². The summed E-state index contributed by atoms with van der Waals surface area (Å²) in [5, 5.41) is 2.50. The molecule has 178 valence electrons. The van der Waals surface area contributed by atoms with Crippen LogP contribution in [0.25, 0.3) is 11.0 Å². The van der Waals surface area contributed by atoms with Gasteiger partial charge in [0.05, 0.1) is 23.0 Å². The maximum absolute atomic E-state index is 13.4. The number of benzene rings is 3. The maximum atomic E-state index is 13.4. The van der Waals surface area contributed by atoms with Crippen LogP contribution in [0.2, 0.25) is 0 Å². The van der Waals surface area contributed by atoms with Crippen LogP contribution < -0.4 is 10.2 Å². The van der Waals surface area contributed by atoms with Crippen LogP contribution in [0.1, 0.15) is 23.6 Å². The molecule has 1 aliphatic rings. The number of imidazole rings is 1. The number of alkyl halides is 3. The van der Waals surface area contributed by atoms with Gasteiger partial charge in [-0.25, -0.2) is 4.98 Å². The van der Waals surface area contributed by atoms with Crippen molar-refractivity contribution in [2.75, 3.05) is 16.8 Å². The van der Waals surface area contributed by atoms with Gasteiger partial charge < -0.3 is 5.32 Å². The molecule has 5 rings (SSSR count). The van der Waals surface area contributed by atoms with Crippen molar-refractivity contribution < 1.29 is 22.8 Å². The van der Waals surface area contributed by atoms with Gasteiger partial charge in [-0.3, -0.25) is 19.1 Å². The van der Waals surface area contributed by atoms with E-state index in [0.717, 1.165) is 23.2 Å². The number of hydrogen-bond donors (Lipinski definition) is 1. The zero-order valence-corrected chi connectivity index (χ0v) is 18.5. The molecule has 0 radical (unpaired) electrons. The van der Waals surface area contributed by atoms with E-state index in [2.05, 4.69) is 10.3 Å². The van der Waals surface area contributed by atoms with Gasteiger partial charge in [0, 0.05) is 12.2 Å². The average Bonchev–Trinajstić information content (AvgIpc) is 3.32. The number of para-hydroxylation sites is 2. The molecule has 2 amide bonds. The lowest BCUT2D eigenvalue weighted by Gasteiger charge is -2.16. The number of rotatable bonds is 6. The molecular formula is C26H21F3N4O2. The van der Waals surface area contributed by atoms with Gasteiger partial charge in [-0.15, -0.1) is 0 Å². The Labute approximate surface area is 199 Å². The van der Waals surface area contributed by atoms with Gasteiger partial charge in [0.25, 0.3) is 5.91 Å². The lowest BCUT2D eigenvalue weighted by atomic mass is 10.1. The number of halogens is 3. The summed E-state index contributed by atoms with van der Waals surface area (Å²) in [4.78, 5) is 32.4. The van der Waals surface area contributed by atoms with E-state index in [0.29, 0.717) is 24.4 Å².